The summed E-state index contributed by atoms with van der Waals surface area (Å²) in [6.07, 6.45) is 0. The first-order valence-corrected chi connectivity index (χ1v) is 7.35. The molecular weight excluding hydrogens is 288 g/mol. The van der Waals surface area contributed by atoms with Crippen LogP contribution < -0.4 is 10.1 Å². The third-order valence-corrected chi connectivity index (χ3v) is 4.12. The van der Waals surface area contributed by atoms with E-state index in [0.717, 1.165) is 21.9 Å². The van der Waals surface area contributed by atoms with Crippen LogP contribution in [0.3, 0.4) is 0 Å². The SMILES string of the molecule is CNc1ccc([N+](=O)[O-])cc1CSc1ccccc1OC. The Morgan fingerprint density at radius 2 is 2.05 bits per heavy atom. The number of nitro groups is 1. The van der Waals surface area contributed by atoms with Crippen LogP contribution in [0.5, 0.6) is 5.75 Å². The molecule has 1 N–H and O–H groups in total. The summed E-state index contributed by atoms with van der Waals surface area (Å²) in [5.41, 5.74) is 1.88. The molecule has 2 aromatic carbocycles. The molecule has 0 amide bonds. The molecule has 6 heteroatoms. The van der Waals surface area contributed by atoms with Crippen LogP contribution in [0.25, 0.3) is 0 Å². The Bertz CT molecular complexity index is 647. The number of para-hydroxylation sites is 1. The summed E-state index contributed by atoms with van der Waals surface area (Å²) in [7, 11) is 3.43. The van der Waals surface area contributed by atoms with Gasteiger partial charge in [0.15, 0.2) is 0 Å². The summed E-state index contributed by atoms with van der Waals surface area (Å²) in [5, 5.41) is 13.9. The molecule has 0 aliphatic heterocycles. The van der Waals surface area contributed by atoms with Gasteiger partial charge in [0.1, 0.15) is 5.75 Å². The van der Waals surface area contributed by atoms with Crippen molar-refractivity contribution in [3.8, 4) is 5.75 Å². The number of anilines is 1. The fraction of sp³-hybridized carbons (Fsp3) is 0.200. The standard InChI is InChI=1S/C15H16N2O3S/c1-16-13-8-7-12(17(18)19)9-11(13)10-21-15-6-4-3-5-14(15)20-2/h3-9,16H,10H2,1-2H3. The molecule has 2 aromatic rings. The van der Waals surface area contributed by atoms with Gasteiger partial charge in [-0.2, -0.15) is 0 Å². The maximum absolute atomic E-state index is 10.9. The van der Waals surface area contributed by atoms with Crippen LogP contribution in [-0.4, -0.2) is 19.1 Å². The van der Waals surface area contributed by atoms with Crippen molar-refractivity contribution >= 4 is 23.1 Å². The van der Waals surface area contributed by atoms with E-state index in [0.29, 0.717) is 5.75 Å². The Morgan fingerprint density at radius 1 is 1.29 bits per heavy atom. The summed E-state index contributed by atoms with van der Waals surface area (Å²) in [4.78, 5) is 11.5. The zero-order valence-electron chi connectivity index (χ0n) is 11.8. The van der Waals surface area contributed by atoms with E-state index in [9.17, 15) is 10.1 Å². The van der Waals surface area contributed by atoms with Crippen molar-refractivity contribution in [1.29, 1.82) is 0 Å². The topological polar surface area (TPSA) is 64.4 Å². The van der Waals surface area contributed by atoms with Crippen molar-refractivity contribution < 1.29 is 9.66 Å². The molecule has 5 nitrogen and oxygen atoms in total. The van der Waals surface area contributed by atoms with E-state index in [1.165, 1.54) is 6.07 Å². The summed E-state index contributed by atoms with van der Waals surface area (Å²) >= 11 is 1.59. The molecule has 2 rings (SSSR count). The minimum atomic E-state index is -0.378. The van der Waals surface area contributed by atoms with Gasteiger partial charge in [-0.05, 0) is 23.8 Å². The fourth-order valence-corrected chi connectivity index (χ4v) is 2.97. The lowest BCUT2D eigenvalue weighted by molar-refractivity contribution is -0.384. The molecule has 0 spiro atoms. The second kappa shape index (κ2) is 6.99. The monoisotopic (exact) mass is 304 g/mol. The minimum absolute atomic E-state index is 0.102. The number of hydrogen-bond donors (Lipinski definition) is 1. The lowest BCUT2D eigenvalue weighted by Crippen LogP contribution is -1.97. The van der Waals surface area contributed by atoms with Crippen LogP contribution in [0.15, 0.2) is 47.4 Å². The number of hydrogen-bond acceptors (Lipinski definition) is 5. The van der Waals surface area contributed by atoms with E-state index in [4.69, 9.17) is 4.74 Å². The van der Waals surface area contributed by atoms with Gasteiger partial charge in [-0.1, -0.05) is 12.1 Å². The largest absolute Gasteiger partial charge is 0.496 e. The molecule has 0 aromatic heterocycles. The number of ether oxygens (including phenoxy) is 1. The van der Waals surface area contributed by atoms with Crippen molar-refractivity contribution in [3.63, 3.8) is 0 Å². The first-order valence-electron chi connectivity index (χ1n) is 6.36. The van der Waals surface area contributed by atoms with Crippen LogP contribution in [-0.2, 0) is 5.75 Å². The van der Waals surface area contributed by atoms with Gasteiger partial charge in [-0.25, -0.2) is 0 Å². The highest BCUT2D eigenvalue weighted by atomic mass is 32.2. The highest BCUT2D eigenvalue weighted by Gasteiger charge is 2.11. The maximum Gasteiger partial charge on any atom is 0.269 e. The molecule has 0 aliphatic rings. The van der Waals surface area contributed by atoms with E-state index in [1.807, 2.05) is 24.3 Å². The Labute approximate surface area is 127 Å². The average molecular weight is 304 g/mol. The van der Waals surface area contributed by atoms with Gasteiger partial charge >= 0.3 is 0 Å². The summed E-state index contributed by atoms with van der Waals surface area (Å²) in [5.74, 6) is 1.43. The van der Waals surface area contributed by atoms with Crippen LogP contribution in [0.2, 0.25) is 0 Å². The van der Waals surface area contributed by atoms with Gasteiger partial charge in [0.05, 0.1) is 12.0 Å². The van der Waals surface area contributed by atoms with Crippen LogP contribution >= 0.6 is 11.8 Å². The average Bonchev–Trinajstić information content (AvgIpc) is 2.52. The normalized spacial score (nSPS) is 10.2. The molecule has 0 unspecified atom stereocenters. The zero-order chi connectivity index (χ0) is 15.2. The van der Waals surface area contributed by atoms with Crippen molar-refractivity contribution in [2.24, 2.45) is 0 Å². The Kier molecular flexibility index (Phi) is 5.05. The number of rotatable bonds is 6. The lowest BCUT2D eigenvalue weighted by Gasteiger charge is -2.10. The quantitative estimate of drug-likeness (QED) is 0.497. The number of non-ortho nitro benzene ring substituents is 1. The van der Waals surface area contributed by atoms with E-state index < -0.39 is 0 Å². The van der Waals surface area contributed by atoms with Gasteiger partial charge in [0, 0.05) is 35.5 Å². The van der Waals surface area contributed by atoms with E-state index in [2.05, 4.69) is 5.32 Å². The number of thioether (sulfide) groups is 1. The second-order valence-corrected chi connectivity index (χ2v) is 5.31. The van der Waals surface area contributed by atoms with E-state index in [1.54, 1.807) is 38.1 Å². The van der Waals surface area contributed by atoms with Crippen molar-refractivity contribution in [2.45, 2.75) is 10.6 Å². The zero-order valence-corrected chi connectivity index (χ0v) is 12.6. The highest BCUT2D eigenvalue weighted by molar-refractivity contribution is 7.98. The third-order valence-electron chi connectivity index (χ3n) is 3.02. The first kappa shape index (κ1) is 15.2. The predicted molar refractivity (Wildman–Crippen MR) is 85.2 cm³/mol. The minimum Gasteiger partial charge on any atom is -0.496 e. The maximum atomic E-state index is 10.9. The number of methoxy groups -OCH3 is 1. The molecule has 0 fully saturated rings. The molecule has 110 valence electrons. The first-order chi connectivity index (χ1) is 10.2. The number of benzene rings is 2. The van der Waals surface area contributed by atoms with Crippen LogP contribution in [0.1, 0.15) is 5.56 Å². The molecule has 0 atom stereocenters. The van der Waals surface area contributed by atoms with E-state index >= 15 is 0 Å². The van der Waals surface area contributed by atoms with Gasteiger partial charge in [0.2, 0.25) is 0 Å². The molecule has 0 radical (unpaired) electrons. The van der Waals surface area contributed by atoms with Crippen molar-refractivity contribution in [2.75, 3.05) is 19.5 Å². The van der Waals surface area contributed by atoms with Gasteiger partial charge in [0.25, 0.3) is 5.69 Å². The molecule has 21 heavy (non-hydrogen) atoms. The Balaban J connectivity index is 2.22. The molecule has 0 saturated carbocycles. The van der Waals surface area contributed by atoms with Gasteiger partial charge in [-0.15, -0.1) is 11.8 Å². The molecule has 0 heterocycles. The number of nitrogens with zero attached hydrogens (tertiary/aromatic N) is 1. The smallest absolute Gasteiger partial charge is 0.269 e. The molecule has 0 aliphatic carbocycles. The summed E-state index contributed by atoms with van der Waals surface area (Å²) in [6, 6.07) is 12.6. The third kappa shape index (κ3) is 3.66. The molecular formula is C15H16N2O3S. The Morgan fingerprint density at radius 3 is 2.71 bits per heavy atom. The van der Waals surface area contributed by atoms with Crippen molar-refractivity contribution in [1.82, 2.24) is 0 Å². The van der Waals surface area contributed by atoms with E-state index in [-0.39, 0.29) is 10.6 Å². The van der Waals surface area contributed by atoms with Crippen LogP contribution in [0.4, 0.5) is 11.4 Å². The van der Waals surface area contributed by atoms with Gasteiger partial charge in [-0.3, -0.25) is 10.1 Å². The highest BCUT2D eigenvalue weighted by Crippen LogP contribution is 2.34. The predicted octanol–water partition coefficient (Wildman–Crippen LogP) is 3.94. The number of nitrogens with one attached hydrogen (secondary N) is 1. The second-order valence-electron chi connectivity index (χ2n) is 4.29. The Hall–Kier alpha value is -2.21. The molecule has 0 bridgehead atoms. The van der Waals surface area contributed by atoms with Gasteiger partial charge < -0.3 is 10.1 Å². The van der Waals surface area contributed by atoms with Crippen molar-refractivity contribution in [3.05, 3.63) is 58.1 Å². The summed E-state index contributed by atoms with van der Waals surface area (Å²) < 4.78 is 5.31. The lowest BCUT2D eigenvalue weighted by atomic mass is 10.2. The fourth-order valence-electron chi connectivity index (χ4n) is 1.95. The number of nitro benzene ring substituents is 1. The summed E-state index contributed by atoms with van der Waals surface area (Å²) in [6.45, 7) is 0. The van der Waals surface area contributed by atoms with Crippen LogP contribution in [0, 0.1) is 10.1 Å². The molecule has 0 saturated heterocycles.